The molecule has 6 unspecified atom stereocenters. The summed E-state index contributed by atoms with van der Waals surface area (Å²) in [6.07, 6.45) is 24.8. The number of benzene rings is 2. The van der Waals surface area contributed by atoms with Gasteiger partial charge in [0.25, 0.3) is 0 Å². The number of terminal acetylenes is 2. The Hall–Kier alpha value is -3.84. The minimum absolute atomic E-state index is 0.237. The van der Waals surface area contributed by atoms with Gasteiger partial charge >= 0.3 is 11.9 Å². The zero-order valence-electron chi connectivity index (χ0n) is 29.3. The Kier molecular flexibility index (Phi) is 7.90. The van der Waals surface area contributed by atoms with Crippen molar-refractivity contribution in [3.8, 4) is 36.2 Å². The highest BCUT2D eigenvalue weighted by atomic mass is 16.5. The monoisotopic (exact) mass is 672 g/mol. The first-order valence-corrected chi connectivity index (χ1v) is 18.7. The molecule has 0 spiro atoms. The van der Waals surface area contributed by atoms with Gasteiger partial charge < -0.3 is 19.7 Å². The lowest BCUT2D eigenvalue weighted by Crippen LogP contribution is -2.50. The van der Waals surface area contributed by atoms with Crippen molar-refractivity contribution in [1.29, 1.82) is 0 Å². The van der Waals surface area contributed by atoms with E-state index in [2.05, 4.69) is 37.8 Å². The van der Waals surface area contributed by atoms with E-state index in [1.165, 1.54) is 22.3 Å². The average molecular weight is 673 g/mol. The fraction of sp³-hybridized carbons (Fsp3) is 0.545. The van der Waals surface area contributed by atoms with Crippen molar-refractivity contribution < 1.29 is 29.3 Å². The lowest BCUT2D eigenvalue weighted by Gasteiger charge is -2.52. The third-order valence-electron chi connectivity index (χ3n) is 15.0. The average Bonchev–Trinajstić information content (AvgIpc) is 3.55. The molecule has 0 saturated heterocycles. The van der Waals surface area contributed by atoms with E-state index in [9.17, 15) is 19.8 Å². The van der Waals surface area contributed by atoms with Crippen LogP contribution in [0.25, 0.3) is 0 Å². The standard InChI is InChI=1S/C44H48O6/c1-5-43(47)23-19-37-35-11-7-27-25-29(9-13-31(27)33(35)17-21-41(37,43)3)49-39(45)15-16-40(46)50-30-10-14-32-28(26-30)8-12-36-34(32)18-22-42(4)38(36)20-24-44(42,48)6-2/h1-2,9-10,13-16,25-26,33-38,47-48H,7-8,11-12,17-24H2,3-4H3/b16-15+/t33?,34?,35?,36?,37?,38?,41-,42-,43-,44-/m0/s1. The molecule has 6 heteroatoms. The summed E-state index contributed by atoms with van der Waals surface area (Å²) < 4.78 is 11.2. The zero-order chi connectivity index (χ0) is 35.1. The van der Waals surface area contributed by atoms with E-state index in [0.29, 0.717) is 59.8 Å². The van der Waals surface area contributed by atoms with Crippen LogP contribution in [-0.2, 0) is 22.4 Å². The molecule has 2 aromatic carbocycles. The van der Waals surface area contributed by atoms with E-state index in [4.69, 9.17) is 22.3 Å². The number of aryl methyl sites for hydroxylation is 2. The highest BCUT2D eigenvalue weighted by Gasteiger charge is 2.62. The van der Waals surface area contributed by atoms with Crippen LogP contribution in [0.15, 0.2) is 48.6 Å². The second-order valence-electron chi connectivity index (χ2n) is 16.7. The van der Waals surface area contributed by atoms with Crippen LogP contribution < -0.4 is 9.47 Å². The number of fused-ring (bicyclic) bond motifs is 10. The first kappa shape index (κ1) is 33.3. The molecule has 4 fully saturated rings. The van der Waals surface area contributed by atoms with Crippen molar-refractivity contribution in [3.05, 3.63) is 70.8 Å². The number of rotatable bonds is 4. The van der Waals surface area contributed by atoms with Gasteiger partial charge in [-0.1, -0.05) is 37.8 Å². The summed E-state index contributed by atoms with van der Waals surface area (Å²) in [6.45, 7) is 4.38. The van der Waals surface area contributed by atoms with Gasteiger partial charge in [-0.05, 0) is 159 Å². The molecule has 8 rings (SSSR count). The van der Waals surface area contributed by atoms with E-state index in [0.717, 1.165) is 76.4 Å². The van der Waals surface area contributed by atoms with Crippen LogP contribution in [0.4, 0.5) is 0 Å². The second-order valence-corrected chi connectivity index (χ2v) is 16.7. The van der Waals surface area contributed by atoms with Gasteiger partial charge in [0.15, 0.2) is 0 Å². The van der Waals surface area contributed by atoms with Gasteiger partial charge in [-0.15, -0.1) is 12.8 Å². The maximum absolute atomic E-state index is 12.7. The molecule has 0 radical (unpaired) electrons. The summed E-state index contributed by atoms with van der Waals surface area (Å²) in [7, 11) is 0. The maximum Gasteiger partial charge on any atom is 0.336 e. The summed E-state index contributed by atoms with van der Waals surface area (Å²) >= 11 is 0. The summed E-state index contributed by atoms with van der Waals surface area (Å²) in [5, 5.41) is 22.4. The molecule has 6 nitrogen and oxygen atoms in total. The quantitative estimate of drug-likeness (QED) is 0.155. The van der Waals surface area contributed by atoms with Gasteiger partial charge in [0.05, 0.1) is 0 Å². The van der Waals surface area contributed by atoms with E-state index >= 15 is 0 Å². The Morgan fingerprint density at radius 2 is 1.10 bits per heavy atom. The van der Waals surface area contributed by atoms with Crippen LogP contribution >= 0.6 is 0 Å². The van der Waals surface area contributed by atoms with Crippen LogP contribution in [0, 0.1) is 59.2 Å². The van der Waals surface area contributed by atoms with E-state index in [1.54, 1.807) is 0 Å². The van der Waals surface area contributed by atoms with Gasteiger partial charge in [-0.2, -0.15) is 0 Å². The third-order valence-corrected chi connectivity index (χ3v) is 15.0. The van der Waals surface area contributed by atoms with Crippen molar-refractivity contribution in [2.75, 3.05) is 0 Å². The number of hydrogen-bond donors (Lipinski definition) is 2. The molecule has 10 atom stereocenters. The smallest absolute Gasteiger partial charge is 0.336 e. The van der Waals surface area contributed by atoms with Gasteiger partial charge in [-0.3, -0.25) is 0 Å². The molecule has 0 amide bonds. The van der Waals surface area contributed by atoms with Crippen molar-refractivity contribution >= 4 is 11.9 Å². The van der Waals surface area contributed by atoms with Crippen LogP contribution in [0.5, 0.6) is 11.5 Å². The second kappa shape index (κ2) is 11.9. The summed E-state index contributed by atoms with van der Waals surface area (Å²) in [6, 6.07) is 11.8. The molecule has 2 N–H and O–H groups in total. The molecule has 260 valence electrons. The van der Waals surface area contributed by atoms with Gasteiger partial charge in [0.1, 0.15) is 22.7 Å². The molecule has 0 aliphatic heterocycles. The van der Waals surface area contributed by atoms with Crippen LogP contribution in [-0.4, -0.2) is 33.4 Å². The molecule has 2 aromatic rings. The van der Waals surface area contributed by atoms with Gasteiger partial charge in [0.2, 0.25) is 0 Å². The number of carbonyl (C=O) groups is 2. The molecule has 0 bridgehead atoms. The molecule has 0 aromatic heterocycles. The van der Waals surface area contributed by atoms with E-state index < -0.39 is 23.1 Å². The van der Waals surface area contributed by atoms with Crippen molar-refractivity contribution in [1.82, 2.24) is 0 Å². The van der Waals surface area contributed by atoms with Crippen LogP contribution in [0.3, 0.4) is 0 Å². The van der Waals surface area contributed by atoms with Crippen LogP contribution in [0.1, 0.15) is 112 Å². The Morgan fingerprint density at radius 3 is 1.50 bits per heavy atom. The normalized spacial score (nSPS) is 39.4. The topological polar surface area (TPSA) is 93.1 Å². The summed E-state index contributed by atoms with van der Waals surface area (Å²) in [4.78, 5) is 25.4. The van der Waals surface area contributed by atoms with Crippen molar-refractivity contribution in [3.63, 3.8) is 0 Å². The minimum Gasteiger partial charge on any atom is -0.423 e. The minimum atomic E-state index is -1.01. The number of ether oxygens (including phenoxy) is 2. The Bertz CT molecular complexity index is 1730. The van der Waals surface area contributed by atoms with Crippen LogP contribution in [0.2, 0.25) is 0 Å². The van der Waals surface area contributed by atoms with Crippen molar-refractivity contribution in [2.45, 2.75) is 114 Å². The zero-order valence-corrected chi connectivity index (χ0v) is 29.3. The lowest BCUT2D eigenvalue weighted by atomic mass is 9.53. The van der Waals surface area contributed by atoms with Gasteiger partial charge in [0, 0.05) is 23.0 Å². The Labute approximate surface area is 296 Å². The number of esters is 2. The largest absolute Gasteiger partial charge is 0.423 e. The first-order chi connectivity index (χ1) is 23.9. The Balaban J connectivity index is 0.877. The highest BCUT2D eigenvalue weighted by molar-refractivity contribution is 5.93. The lowest BCUT2D eigenvalue weighted by molar-refractivity contribution is -0.131. The van der Waals surface area contributed by atoms with Crippen molar-refractivity contribution in [2.24, 2.45) is 34.5 Å². The molecule has 0 heterocycles. The predicted molar refractivity (Wildman–Crippen MR) is 190 cm³/mol. The first-order valence-electron chi connectivity index (χ1n) is 18.7. The molecule has 4 saturated carbocycles. The number of hydrogen-bond acceptors (Lipinski definition) is 6. The third kappa shape index (κ3) is 4.93. The molecule has 6 aliphatic carbocycles. The van der Waals surface area contributed by atoms with Gasteiger partial charge in [-0.25, -0.2) is 9.59 Å². The molecule has 50 heavy (non-hydrogen) atoms. The summed E-state index contributed by atoms with van der Waals surface area (Å²) in [5.41, 5.74) is 2.53. The fourth-order valence-electron chi connectivity index (χ4n) is 12.2. The Morgan fingerprint density at radius 1 is 0.680 bits per heavy atom. The summed E-state index contributed by atoms with van der Waals surface area (Å²) in [5.74, 6) is 7.78. The maximum atomic E-state index is 12.7. The highest BCUT2D eigenvalue weighted by Crippen LogP contribution is 2.65. The SMILES string of the molecule is C#C[C@]1(O)CCC2C3CCc4cc(OC(=O)/C=C/C(=O)Oc5ccc6c(c5)CCC5C6CC[C@@]6(C)C5CC[C@@]6(O)C#C)ccc4C3CC[C@@]21C. The number of carbonyl (C=O) groups excluding carboxylic acids is 2. The molecular formula is C44H48O6. The van der Waals surface area contributed by atoms with E-state index in [-0.39, 0.29) is 10.8 Å². The molecule has 6 aliphatic rings. The predicted octanol–water partition coefficient (Wildman–Crippen LogP) is 7.19. The molecular weight excluding hydrogens is 624 g/mol. The van der Waals surface area contributed by atoms with E-state index in [1.807, 2.05) is 24.3 Å². The fourth-order valence-corrected chi connectivity index (χ4v) is 12.2. The number of aliphatic hydroxyl groups is 2.